The minimum atomic E-state index is -0.443. The summed E-state index contributed by atoms with van der Waals surface area (Å²) in [5, 5.41) is 10.2. The summed E-state index contributed by atoms with van der Waals surface area (Å²) < 4.78 is 8.87. The van der Waals surface area contributed by atoms with Crippen LogP contribution in [0.15, 0.2) is 21.7 Å². The number of imidazole rings is 1. The smallest absolute Gasteiger partial charge is 0.330 e. The van der Waals surface area contributed by atoms with Gasteiger partial charge in [-0.2, -0.15) is 0 Å². The van der Waals surface area contributed by atoms with Gasteiger partial charge < -0.3 is 14.4 Å². The molecule has 0 atom stereocenters. The maximum atomic E-state index is 12.9. The highest BCUT2D eigenvalue weighted by atomic mass is 16.5. The second kappa shape index (κ2) is 8.68. The molecule has 0 unspecified atom stereocenters. The maximum absolute atomic E-state index is 12.9. The molecule has 9 nitrogen and oxygen atoms in total. The number of hydrogen-bond donors (Lipinski definition) is 2. The fraction of sp³-hybridized carbons (Fsp3) is 0.500. The van der Waals surface area contributed by atoms with Gasteiger partial charge in [-0.25, -0.2) is 9.78 Å². The van der Waals surface area contributed by atoms with Gasteiger partial charge in [0.2, 0.25) is 0 Å². The Kier molecular flexibility index (Phi) is 5.97. The first-order valence-corrected chi connectivity index (χ1v) is 10.7. The molecule has 31 heavy (non-hydrogen) atoms. The number of aromatic hydroxyl groups is 1. The van der Waals surface area contributed by atoms with Crippen LogP contribution in [0.1, 0.15) is 24.5 Å². The molecule has 2 N–H and O–H groups in total. The molecule has 1 saturated heterocycles. The first-order valence-electron chi connectivity index (χ1n) is 10.7. The minimum absolute atomic E-state index is 0.250. The van der Waals surface area contributed by atoms with E-state index in [2.05, 4.69) is 9.88 Å². The Hall–Kier alpha value is -2.91. The van der Waals surface area contributed by atoms with Gasteiger partial charge in [0.05, 0.1) is 13.2 Å². The Bertz CT molecular complexity index is 1190. The lowest BCUT2D eigenvalue weighted by Crippen LogP contribution is -2.38. The highest BCUT2D eigenvalue weighted by Crippen LogP contribution is 2.30. The maximum Gasteiger partial charge on any atom is 0.330 e. The van der Waals surface area contributed by atoms with Gasteiger partial charge in [0.1, 0.15) is 11.6 Å². The van der Waals surface area contributed by atoms with Gasteiger partial charge in [-0.1, -0.05) is 6.92 Å². The molecule has 3 heterocycles. The van der Waals surface area contributed by atoms with E-state index >= 15 is 0 Å². The summed E-state index contributed by atoms with van der Waals surface area (Å²) in [6.07, 6.45) is 0.744. The zero-order valence-electron chi connectivity index (χ0n) is 18.3. The van der Waals surface area contributed by atoms with Crippen LogP contribution in [-0.2, 0) is 17.8 Å². The van der Waals surface area contributed by atoms with Crippen LogP contribution in [0.25, 0.3) is 22.6 Å². The van der Waals surface area contributed by atoms with Gasteiger partial charge in [0, 0.05) is 38.3 Å². The SMILES string of the molecule is CCCn1c(=O)[nH]c(=O)c2c1nc(-c1cc(C)c(O)c(C)c1)n2CCN1CCOCC1. The van der Waals surface area contributed by atoms with Crippen molar-refractivity contribution in [1.29, 1.82) is 0 Å². The van der Waals surface area contributed by atoms with Crippen LogP contribution in [0.3, 0.4) is 0 Å². The number of nitrogens with one attached hydrogen (secondary N) is 1. The summed E-state index contributed by atoms with van der Waals surface area (Å²) in [5.41, 5.74) is 2.21. The number of H-pyrrole nitrogens is 1. The van der Waals surface area contributed by atoms with E-state index in [4.69, 9.17) is 9.72 Å². The molecule has 0 aliphatic carbocycles. The normalized spacial score (nSPS) is 15.1. The molecule has 2 aromatic heterocycles. The standard InChI is InChI=1S/C22H29N5O4/c1-4-5-27-20-17(21(29)24-22(27)30)26(7-6-25-8-10-31-11-9-25)19(23-20)16-12-14(2)18(28)15(3)13-16/h12-13,28H,4-11H2,1-3H3,(H,24,29,30). The molecule has 3 aromatic rings. The van der Waals surface area contributed by atoms with E-state index in [1.807, 2.05) is 37.5 Å². The van der Waals surface area contributed by atoms with Crippen molar-refractivity contribution in [3.63, 3.8) is 0 Å². The molecule has 4 rings (SSSR count). The summed E-state index contributed by atoms with van der Waals surface area (Å²) in [5.74, 6) is 0.871. The van der Waals surface area contributed by atoms with Crippen molar-refractivity contribution in [3.8, 4) is 17.1 Å². The fourth-order valence-electron chi connectivity index (χ4n) is 4.19. The summed E-state index contributed by atoms with van der Waals surface area (Å²) in [4.78, 5) is 34.9. The van der Waals surface area contributed by atoms with E-state index in [-0.39, 0.29) is 5.75 Å². The number of nitrogens with zero attached hydrogens (tertiary/aromatic N) is 4. The van der Waals surface area contributed by atoms with Crippen LogP contribution >= 0.6 is 0 Å². The number of rotatable bonds is 6. The summed E-state index contributed by atoms with van der Waals surface area (Å²) in [6, 6.07) is 3.73. The molecule has 0 radical (unpaired) electrons. The van der Waals surface area contributed by atoms with Crippen molar-refractivity contribution in [2.45, 2.75) is 40.3 Å². The molecule has 0 saturated carbocycles. The number of hydrogen-bond acceptors (Lipinski definition) is 6. The molecule has 0 spiro atoms. The number of phenolic OH excluding ortho intramolecular Hbond substituents is 1. The summed E-state index contributed by atoms with van der Waals surface area (Å²) in [7, 11) is 0. The molecule has 1 aliphatic heterocycles. The van der Waals surface area contributed by atoms with Crippen molar-refractivity contribution >= 4 is 11.2 Å². The minimum Gasteiger partial charge on any atom is -0.507 e. The van der Waals surface area contributed by atoms with Crippen molar-refractivity contribution < 1.29 is 9.84 Å². The first kappa shape index (κ1) is 21.3. The van der Waals surface area contributed by atoms with Crippen molar-refractivity contribution in [3.05, 3.63) is 44.1 Å². The molecule has 1 aromatic carbocycles. The summed E-state index contributed by atoms with van der Waals surface area (Å²) >= 11 is 0. The Morgan fingerprint density at radius 1 is 1.06 bits per heavy atom. The molecule has 0 bridgehead atoms. The van der Waals surface area contributed by atoms with Crippen LogP contribution in [-0.4, -0.2) is 62.0 Å². The van der Waals surface area contributed by atoms with Crippen LogP contribution in [0.2, 0.25) is 0 Å². The second-order valence-corrected chi connectivity index (χ2v) is 8.08. The third-order valence-corrected chi connectivity index (χ3v) is 5.83. The highest BCUT2D eigenvalue weighted by Gasteiger charge is 2.21. The quantitative estimate of drug-likeness (QED) is 0.619. The van der Waals surface area contributed by atoms with Gasteiger partial charge in [-0.3, -0.25) is 19.2 Å². The van der Waals surface area contributed by atoms with Crippen molar-refractivity contribution in [2.24, 2.45) is 0 Å². The van der Waals surface area contributed by atoms with Crippen LogP contribution in [0.5, 0.6) is 5.75 Å². The van der Waals surface area contributed by atoms with Crippen LogP contribution in [0, 0.1) is 13.8 Å². The topological polar surface area (TPSA) is 105 Å². The average Bonchev–Trinajstić information content (AvgIpc) is 3.14. The molecule has 1 fully saturated rings. The Morgan fingerprint density at radius 2 is 1.74 bits per heavy atom. The predicted octanol–water partition coefficient (Wildman–Crippen LogP) is 1.62. The second-order valence-electron chi connectivity index (χ2n) is 8.08. The third kappa shape index (κ3) is 4.03. The monoisotopic (exact) mass is 427 g/mol. The predicted molar refractivity (Wildman–Crippen MR) is 119 cm³/mol. The molecule has 9 heteroatoms. The lowest BCUT2D eigenvalue weighted by Gasteiger charge is -2.26. The Balaban J connectivity index is 1.90. The van der Waals surface area contributed by atoms with Crippen LogP contribution in [0.4, 0.5) is 0 Å². The number of phenols is 1. The van der Waals surface area contributed by atoms with E-state index < -0.39 is 11.2 Å². The van der Waals surface area contributed by atoms with Gasteiger partial charge >= 0.3 is 5.69 Å². The zero-order chi connectivity index (χ0) is 22.1. The molecular weight excluding hydrogens is 398 g/mol. The van der Waals surface area contributed by atoms with E-state index in [0.717, 1.165) is 42.7 Å². The lowest BCUT2D eigenvalue weighted by molar-refractivity contribution is 0.0365. The third-order valence-electron chi connectivity index (χ3n) is 5.83. The number of morpholine rings is 1. The van der Waals surface area contributed by atoms with E-state index in [9.17, 15) is 14.7 Å². The van der Waals surface area contributed by atoms with Gasteiger partial charge in [0.15, 0.2) is 11.2 Å². The zero-order valence-corrected chi connectivity index (χ0v) is 18.3. The lowest BCUT2D eigenvalue weighted by atomic mass is 10.1. The molecule has 166 valence electrons. The number of aromatic amines is 1. The number of ether oxygens (including phenoxy) is 1. The Morgan fingerprint density at radius 3 is 2.39 bits per heavy atom. The van der Waals surface area contributed by atoms with Crippen LogP contribution < -0.4 is 11.2 Å². The average molecular weight is 428 g/mol. The summed E-state index contributed by atoms with van der Waals surface area (Å²) in [6.45, 7) is 10.5. The first-order chi connectivity index (χ1) is 14.9. The van der Waals surface area contributed by atoms with Gasteiger partial charge in [-0.15, -0.1) is 0 Å². The van der Waals surface area contributed by atoms with E-state index in [1.165, 1.54) is 4.57 Å². The Labute approximate surface area is 179 Å². The van der Waals surface area contributed by atoms with E-state index in [1.54, 1.807) is 0 Å². The van der Waals surface area contributed by atoms with Crippen molar-refractivity contribution in [1.82, 2.24) is 24.0 Å². The highest BCUT2D eigenvalue weighted by molar-refractivity contribution is 5.77. The molecule has 0 amide bonds. The van der Waals surface area contributed by atoms with Crippen molar-refractivity contribution in [2.75, 3.05) is 32.8 Å². The molecule has 1 aliphatic rings. The largest absolute Gasteiger partial charge is 0.507 e. The number of fused-ring (bicyclic) bond motifs is 1. The van der Waals surface area contributed by atoms with Gasteiger partial charge in [-0.05, 0) is 43.5 Å². The van der Waals surface area contributed by atoms with Gasteiger partial charge in [0.25, 0.3) is 5.56 Å². The number of benzene rings is 1. The number of aromatic nitrogens is 4. The number of aryl methyl sites for hydroxylation is 3. The fourth-order valence-corrected chi connectivity index (χ4v) is 4.19. The molecular formula is C22H29N5O4. The van der Waals surface area contributed by atoms with E-state index in [0.29, 0.717) is 43.3 Å².